The predicted octanol–water partition coefficient (Wildman–Crippen LogP) is 2.35. The van der Waals surface area contributed by atoms with Crippen molar-refractivity contribution < 1.29 is 9.18 Å². The third-order valence-corrected chi connectivity index (χ3v) is 6.12. The molecule has 0 spiro atoms. The normalized spacial score (nSPS) is 14.7. The van der Waals surface area contributed by atoms with Crippen LogP contribution in [0.15, 0.2) is 29.1 Å². The van der Waals surface area contributed by atoms with Crippen LogP contribution in [0.25, 0.3) is 11.0 Å². The van der Waals surface area contributed by atoms with Gasteiger partial charge in [-0.2, -0.15) is 4.39 Å². The molecule has 1 aliphatic heterocycles. The average molecular weight is 459 g/mol. The number of hydrogen-bond acceptors (Lipinski definition) is 6. The number of nitrogens with zero attached hydrogens (tertiary/aromatic N) is 4. The Labute approximate surface area is 189 Å². The van der Waals surface area contributed by atoms with E-state index < -0.39 is 11.9 Å². The molecule has 32 heavy (non-hydrogen) atoms. The second-order valence-electron chi connectivity index (χ2n) is 7.65. The van der Waals surface area contributed by atoms with Crippen molar-refractivity contribution >= 4 is 34.2 Å². The number of aromatic amines is 1. The van der Waals surface area contributed by atoms with Gasteiger partial charge in [-0.15, -0.1) is 0 Å². The van der Waals surface area contributed by atoms with E-state index in [2.05, 4.69) is 25.2 Å². The average Bonchev–Trinajstić information content (AvgIpc) is 2.81. The van der Waals surface area contributed by atoms with Gasteiger partial charge in [-0.3, -0.25) is 14.5 Å². The number of H-pyrrole nitrogens is 1. The van der Waals surface area contributed by atoms with E-state index in [1.165, 1.54) is 13.1 Å². The monoisotopic (exact) mass is 458 g/mol. The maximum atomic E-state index is 14.5. The van der Waals surface area contributed by atoms with Crippen molar-refractivity contribution in [3.63, 3.8) is 0 Å². The van der Waals surface area contributed by atoms with Crippen molar-refractivity contribution in [2.24, 2.45) is 0 Å². The lowest BCUT2D eigenvalue weighted by atomic mass is 10.1. The summed E-state index contributed by atoms with van der Waals surface area (Å²) in [4.78, 5) is 39.0. The molecule has 2 N–H and O–H groups in total. The van der Waals surface area contributed by atoms with Gasteiger partial charge in [0.25, 0.3) is 11.5 Å². The first kappa shape index (κ1) is 22.2. The fourth-order valence-electron chi connectivity index (χ4n) is 3.87. The molecule has 1 aromatic carbocycles. The number of benzene rings is 1. The van der Waals surface area contributed by atoms with E-state index in [4.69, 9.17) is 11.6 Å². The minimum Gasteiger partial charge on any atom is -0.365 e. The van der Waals surface area contributed by atoms with Gasteiger partial charge in [-0.1, -0.05) is 24.6 Å². The lowest BCUT2D eigenvalue weighted by molar-refractivity contribution is 0.0957. The Morgan fingerprint density at radius 2 is 1.94 bits per heavy atom. The van der Waals surface area contributed by atoms with Gasteiger partial charge >= 0.3 is 0 Å². The number of rotatable bonds is 5. The topological polar surface area (TPSA) is 94.2 Å². The van der Waals surface area contributed by atoms with E-state index in [1.807, 2.05) is 24.0 Å². The lowest BCUT2D eigenvalue weighted by Gasteiger charge is -2.36. The SMILES string of the molecule is CCc1nc2ccc(CN3CCN(c4ccc(C(=O)NC)nc4F)CC3)c(Cl)c2[nH]c1=O. The molecule has 0 bridgehead atoms. The molecule has 168 valence electrons. The van der Waals surface area contributed by atoms with Gasteiger partial charge in [0.05, 0.1) is 21.7 Å². The van der Waals surface area contributed by atoms with Crippen molar-refractivity contribution in [1.82, 2.24) is 25.2 Å². The third-order valence-electron chi connectivity index (χ3n) is 5.69. The number of aryl methyl sites for hydroxylation is 1. The maximum Gasteiger partial charge on any atom is 0.270 e. The minimum absolute atomic E-state index is 0.0527. The fourth-order valence-corrected chi connectivity index (χ4v) is 4.14. The van der Waals surface area contributed by atoms with Gasteiger partial charge < -0.3 is 15.2 Å². The number of anilines is 1. The highest BCUT2D eigenvalue weighted by Crippen LogP contribution is 2.26. The van der Waals surface area contributed by atoms with Crippen LogP contribution in [0.4, 0.5) is 10.1 Å². The van der Waals surface area contributed by atoms with Crippen LogP contribution in [0.3, 0.4) is 0 Å². The van der Waals surface area contributed by atoms with E-state index >= 15 is 0 Å². The number of halogens is 2. The number of hydrogen-bond donors (Lipinski definition) is 2. The smallest absolute Gasteiger partial charge is 0.270 e. The van der Waals surface area contributed by atoms with Gasteiger partial charge in [0.15, 0.2) is 0 Å². The van der Waals surface area contributed by atoms with E-state index in [1.54, 1.807) is 6.07 Å². The van der Waals surface area contributed by atoms with E-state index in [-0.39, 0.29) is 11.3 Å². The van der Waals surface area contributed by atoms with Crippen LogP contribution in [-0.2, 0) is 13.0 Å². The lowest BCUT2D eigenvalue weighted by Crippen LogP contribution is -2.46. The number of carbonyl (C=O) groups excluding carboxylic acids is 1. The molecule has 1 saturated heterocycles. The third kappa shape index (κ3) is 4.31. The largest absolute Gasteiger partial charge is 0.365 e. The molecule has 1 fully saturated rings. The summed E-state index contributed by atoms with van der Waals surface area (Å²) >= 11 is 6.59. The Morgan fingerprint density at radius 3 is 2.59 bits per heavy atom. The Bertz CT molecular complexity index is 1220. The van der Waals surface area contributed by atoms with Crippen LogP contribution < -0.4 is 15.8 Å². The van der Waals surface area contributed by atoms with E-state index in [0.29, 0.717) is 66.6 Å². The summed E-state index contributed by atoms with van der Waals surface area (Å²) in [5.41, 5.74) is 2.83. The van der Waals surface area contributed by atoms with Crippen molar-refractivity contribution in [2.45, 2.75) is 19.9 Å². The maximum absolute atomic E-state index is 14.5. The van der Waals surface area contributed by atoms with Crippen molar-refractivity contribution in [3.8, 4) is 0 Å². The van der Waals surface area contributed by atoms with Crippen LogP contribution >= 0.6 is 11.6 Å². The Hall–Kier alpha value is -3.04. The van der Waals surface area contributed by atoms with Crippen molar-refractivity contribution in [1.29, 1.82) is 0 Å². The first-order valence-electron chi connectivity index (χ1n) is 10.5. The number of amides is 1. The first-order valence-corrected chi connectivity index (χ1v) is 10.8. The second kappa shape index (κ2) is 9.22. The van der Waals surface area contributed by atoms with Crippen LogP contribution in [0, 0.1) is 5.95 Å². The number of nitrogens with one attached hydrogen (secondary N) is 2. The number of pyridine rings is 1. The van der Waals surface area contributed by atoms with Crippen LogP contribution in [0.2, 0.25) is 5.02 Å². The molecular formula is C22H24ClFN6O2. The van der Waals surface area contributed by atoms with E-state index in [9.17, 15) is 14.0 Å². The molecule has 0 radical (unpaired) electrons. The van der Waals surface area contributed by atoms with Crippen LogP contribution in [0.5, 0.6) is 0 Å². The summed E-state index contributed by atoms with van der Waals surface area (Å²) in [7, 11) is 1.48. The number of piperazine rings is 1. The van der Waals surface area contributed by atoms with Crippen LogP contribution in [0.1, 0.15) is 28.7 Å². The highest BCUT2D eigenvalue weighted by atomic mass is 35.5. The zero-order valence-corrected chi connectivity index (χ0v) is 18.7. The number of carbonyl (C=O) groups is 1. The molecule has 3 aromatic rings. The molecule has 3 heterocycles. The second-order valence-corrected chi connectivity index (χ2v) is 8.03. The fraction of sp³-hybridized carbons (Fsp3) is 0.364. The van der Waals surface area contributed by atoms with Gasteiger partial charge in [-0.05, 0) is 30.2 Å². The van der Waals surface area contributed by atoms with Gasteiger partial charge in [0.1, 0.15) is 11.4 Å². The number of fused-ring (bicyclic) bond motifs is 1. The highest BCUT2D eigenvalue weighted by molar-refractivity contribution is 6.35. The summed E-state index contributed by atoms with van der Waals surface area (Å²) in [6.07, 6.45) is 0.555. The molecule has 8 nitrogen and oxygen atoms in total. The summed E-state index contributed by atoms with van der Waals surface area (Å²) in [5.74, 6) is -1.07. The molecular weight excluding hydrogens is 435 g/mol. The summed E-state index contributed by atoms with van der Waals surface area (Å²) in [5, 5.41) is 2.94. The molecule has 1 amide bonds. The van der Waals surface area contributed by atoms with Gasteiger partial charge in [-0.25, -0.2) is 9.97 Å². The molecule has 0 aliphatic carbocycles. The molecule has 0 unspecified atom stereocenters. The zero-order chi connectivity index (χ0) is 22.8. The molecule has 1 aliphatic rings. The predicted molar refractivity (Wildman–Crippen MR) is 122 cm³/mol. The Kier molecular flexibility index (Phi) is 6.38. The summed E-state index contributed by atoms with van der Waals surface area (Å²) in [6.45, 7) is 5.12. The van der Waals surface area contributed by atoms with Gasteiger partial charge in [0.2, 0.25) is 5.95 Å². The van der Waals surface area contributed by atoms with Crippen molar-refractivity contribution in [3.05, 3.63) is 62.5 Å². The van der Waals surface area contributed by atoms with Crippen LogP contribution in [-0.4, -0.2) is 59.0 Å². The molecule has 10 heteroatoms. The van der Waals surface area contributed by atoms with E-state index in [0.717, 1.165) is 5.56 Å². The molecule has 2 aromatic heterocycles. The summed E-state index contributed by atoms with van der Waals surface area (Å²) in [6, 6.07) is 6.92. The number of aromatic nitrogens is 3. The first-order chi connectivity index (χ1) is 15.4. The summed E-state index contributed by atoms with van der Waals surface area (Å²) < 4.78 is 14.5. The standard InChI is InChI=1S/C22H24ClFN6O2/c1-3-14-22(32)28-19-15(26-14)5-4-13(18(19)23)12-29-8-10-30(11-9-29)17-7-6-16(21(31)25-2)27-20(17)24/h4-7H,3,8-12H2,1-2H3,(H,25,31)(H,28,32). The quantitative estimate of drug-likeness (QED) is 0.570. The Balaban J connectivity index is 1.45. The van der Waals surface area contributed by atoms with Gasteiger partial charge in [0, 0.05) is 39.8 Å². The molecule has 4 rings (SSSR count). The highest BCUT2D eigenvalue weighted by Gasteiger charge is 2.22. The zero-order valence-electron chi connectivity index (χ0n) is 17.9. The molecule has 0 saturated carbocycles. The molecule has 0 atom stereocenters. The van der Waals surface area contributed by atoms with Crippen molar-refractivity contribution in [2.75, 3.05) is 38.1 Å². The Morgan fingerprint density at radius 1 is 1.19 bits per heavy atom. The minimum atomic E-state index is -0.653.